The van der Waals surface area contributed by atoms with Gasteiger partial charge in [-0.2, -0.15) is 0 Å². The van der Waals surface area contributed by atoms with Crippen molar-refractivity contribution in [3.63, 3.8) is 0 Å². The van der Waals surface area contributed by atoms with Crippen molar-refractivity contribution in [2.45, 2.75) is 32.7 Å². The van der Waals surface area contributed by atoms with E-state index < -0.39 is 11.6 Å². The van der Waals surface area contributed by atoms with Crippen LogP contribution < -0.4 is 4.90 Å². The van der Waals surface area contributed by atoms with E-state index in [0.29, 0.717) is 5.92 Å². The molecule has 1 unspecified atom stereocenters. The highest BCUT2D eigenvalue weighted by Crippen LogP contribution is 2.33. The lowest BCUT2D eigenvalue weighted by Crippen LogP contribution is -2.34. The Morgan fingerprint density at radius 1 is 1.25 bits per heavy atom. The van der Waals surface area contributed by atoms with E-state index in [0.717, 1.165) is 19.4 Å². The number of benzene rings is 1. The Morgan fingerprint density at radius 3 is 2.44 bits per heavy atom. The molecule has 1 fully saturated rings. The Bertz CT molecular complexity index is 356. The fourth-order valence-electron chi connectivity index (χ4n) is 2.53. The van der Waals surface area contributed by atoms with Crippen molar-refractivity contribution < 1.29 is 8.78 Å². The second-order valence-electron chi connectivity index (χ2n) is 4.72. The molecule has 1 heterocycles. The van der Waals surface area contributed by atoms with E-state index in [1.807, 2.05) is 4.90 Å². The summed E-state index contributed by atoms with van der Waals surface area (Å²) >= 11 is 0. The third-order valence-electron chi connectivity index (χ3n) is 3.29. The van der Waals surface area contributed by atoms with Gasteiger partial charge in [-0.3, -0.25) is 0 Å². The summed E-state index contributed by atoms with van der Waals surface area (Å²) in [6.45, 7) is 4.95. The van der Waals surface area contributed by atoms with Gasteiger partial charge >= 0.3 is 0 Å². The summed E-state index contributed by atoms with van der Waals surface area (Å²) in [7, 11) is 0. The number of rotatable bonds is 2. The van der Waals surface area contributed by atoms with Crippen molar-refractivity contribution in [2.75, 3.05) is 11.4 Å². The molecule has 2 rings (SSSR count). The molecule has 1 nitrogen and oxygen atoms in total. The third-order valence-corrected chi connectivity index (χ3v) is 3.29. The molecule has 0 aliphatic carbocycles. The lowest BCUT2D eigenvalue weighted by molar-refractivity contribution is 0.477. The van der Waals surface area contributed by atoms with Crippen molar-refractivity contribution in [3.8, 4) is 0 Å². The van der Waals surface area contributed by atoms with E-state index >= 15 is 0 Å². The number of nitrogens with zero attached hydrogens (tertiary/aromatic N) is 1. The maximum atomic E-state index is 13.7. The van der Waals surface area contributed by atoms with Crippen LogP contribution in [0.3, 0.4) is 0 Å². The molecule has 0 N–H and O–H groups in total. The summed E-state index contributed by atoms with van der Waals surface area (Å²) in [5.74, 6) is -0.485. The van der Waals surface area contributed by atoms with Gasteiger partial charge < -0.3 is 4.90 Å². The molecule has 1 aliphatic rings. The molecule has 88 valence electrons. The highest BCUT2D eigenvalue weighted by atomic mass is 19.1. The van der Waals surface area contributed by atoms with Gasteiger partial charge in [0, 0.05) is 12.6 Å². The van der Waals surface area contributed by atoms with Crippen LogP contribution in [0, 0.1) is 17.6 Å². The van der Waals surface area contributed by atoms with E-state index in [4.69, 9.17) is 0 Å². The van der Waals surface area contributed by atoms with Crippen LogP contribution in [-0.4, -0.2) is 12.6 Å². The second-order valence-corrected chi connectivity index (χ2v) is 4.72. The van der Waals surface area contributed by atoms with Gasteiger partial charge in [-0.05, 0) is 30.9 Å². The van der Waals surface area contributed by atoms with Crippen LogP contribution in [0.25, 0.3) is 0 Å². The number of hydrogen-bond acceptors (Lipinski definition) is 1. The molecule has 16 heavy (non-hydrogen) atoms. The molecule has 3 heteroatoms. The van der Waals surface area contributed by atoms with Gasteiger partial charge in [0.25, 0.3) is 0 Å². The average Bonchev–Trinajstić information content (AvgIpc) is 2.66. The Kier molecular flexibility index (Phi) is 3.13. The summed E-state index contributed by atoms with van der Waals surface area (Å²) in [5.41, 5.74) is 0.152. The Balaban J connectivity index is 2.36. The maximum absolute atomic E-state index is 13.7. The van der Waals surface area contributed by atoms with Gasteiger partial charge in [0.2, 0.25) is 0 Å². The van der Waals surface area contributed by atoms with Crippen molar-refractivity contribution >= 4 is 5.69 Å². The van der Waals surface area contributed by atoms with Crippen LogP contribution in [-0.2, 0) is 0 Å². The molecule has 1 aromatic carbocycles. The lowest BCUT2D eigenvalue weighted by atomic mass is 10.0. The Morgan fingerprint density at radius 2 is 1.88 bits per heavy atom. The minimum atomic E-state index is -0.451. The highest BCUT2D eigenvalue weighted by Gasteiger charge is 2.30. The molecule has 0 bridgehead atoms. The highest BCUT2D eigenvalue weighted by molar-refractivity contribution is 5.51. The first-order chi connectivity index (χ1) is 7.61. The minimum absolute atomic E-state index is 0.152. The zero-order valence-electron chi connectivity index (χ0n) is 9.71. The van der Waals surface area contributed by atoms with Crippen molar-refractivity contribution in [1.82, 2.24) is 0 Å². The lowest BCUT2D eigenvalue weighted by Gasteiger charge is -2.30. The van der Waals surface area contributed by atoms with E-state index in [1.54, 1.807) is 0 Å². The smallest absolute Gasteiger partial charge is 0.149 e. The Hall–Kier alpha value is -1.12. The van der Waals surface area contributed by atoms with Crippen LogP contribution in [0.4, 0.5) is 14.5 Å². The molecular weight excluding hydrogens is 208 g/mol. The van der Waals surface area contributed by atoms with Crippen LogP contribution in [0.2, 0.25) is 0 Å². The molecular formula is C13H17F2N. The first-order valence-corrected chi connectivity index (χ1v) is 5.82. The third kappa shape index (κ3) is 1.91. The summed E-state index contributed by atoms with van der Waals surface area (Å²) in [5, 5.41) is 0. The van der Waals surface area contributed by atoms with Crippen molar-refractivity contribution in [2.24, 2.45) is 5.92 Å². The number of halogens is 2. The van der Waals surface area contributed by atoms with E-state index in [9.17, 15) is 8.78 Å². The van der Waals surface area contributed by atoms with E-state index in [1.165, 1.54) is 18.2 Å². The maximum Gasteiger partial charge on any atom is 0.149 e. The summed E-state index contributed by atoms with van der Waals surface area (Å²) in [6.07, 6.45) is 2.03. The molecule has 1 aromatic rings. The fourth-order valence-corrected chi connectivity index (χ4v) is 2.53. The van der Waals surface area contributed by atoms with Gasteiger partial charge in [-0.15, -0.1) is 0 Å². The number of anilines is 1. The van der Waals surface area contributed by atoms with Crippen LogP contribution in [0.1, 0.15) is 26.7 Å². The summed E-state index contributed by atoms with van der Waals surface area (Å²) < 4.78 is 27.3. The predicted molar refractivity (Wildman–Crippen MR) is 61.6 cm³/mol. The van der Waals surface area contributed by atoms with Gasteiger partial charge in [-0.25, -0.2) is 8.78 Å². The van der Waals surface area contributed by atoms with Gasteiger partial charge in [-0.1, -0.05) is 19.9 Å². The van der Waals surface area contributed by atoms with Gasteiger partial charge in [0.1, 0.15) is 17.3 Å². The molecule has 0 spiro atoms. The van der Waals surface area contributed by atoms with Crippen LogP contribution >= 0.6 is 0 Å². The SMILES string of the molecule is CC(C)C1CCCN1c1c(F)cccc1F. The van der Waals surface area contributed by atoms with Gasteiger partial charge in [0.15, 0.2) is 0 Å². The van der Waals surface area contributed by atoms with Crippen molar-refractivity contribution in [3.05, 3.63) is 29.8 Å². The van der Waals surface area contributed by atoms with Crippen molar-refractivity contribution in [1.29, 1.82) is 0 Å². The largest absolute Gasteiger partial charge is 0.364 e. The van der Waals surface area contributed by atoms with Crippen LogP contribution in [0.15, 0.2) is 18.2 Å². The monoisotopic (exact) mass is 225 g/mol. The average molecular weight is 225 g/mol. The zero-order chi connectivity index (χ0) is 11.7. The van der Waals surface area contributed by atoms with Gasteiger partial charge in [0.05, 0.1) is 0 Å². The minimum Gasteiger partial charge on any atom is -0.364 e. The molecule has 0 saturated carbocycles. The first kappa shape index (κ1) is 11.4. The first-order valence-electron chi connectivity index (χ1n) is 5.82. The second kappa shape index (κ2) is 4.40. The molecule has 0 amide bonds. The molecule has 1 atom stereocenters. The molecule has 1 saturated heterocycles. The normalized spacial score (nSPS) is 20.8. The quantitative estimate of drug-likeness (QED) is 0.743. The Labute approximate surface area is 95.1 Å². The molecule has 1 aliphatic heterocycles. The number of hydrogen-bond donors (Lipinski definition) is 0. The molecule has 0 aromatic heterocycles. The molecule has 0 radical (unpaired) electrons. The fraction of sp³-hybridized carbons (Fsp3) is 0.538. The topological polar surface area (TPSA) is 3.24 Å². The van der Waals surface area contributed by atoms with E-state index in [-0.39, 0.29) is 11.7 Å². The number of para-hydroxylation sites is 1. The summed E-state index contributed by atoms with van der Waals surface area (Å²) in [6, 6.07) is 4.32. The standard InChI is InChI=1S/C13H17F2N/c1-9(2)12-7-4-8-16(12)13-10(14)5-3-6-11(13)15/h3,5-6,9,12H,4,7-8H2,1-2H3. The van der Waals surface area contributed by atoms with E-state index in [2.05, 4.69) is 13.8 Å². The summed E-state index contributed by atoms with van der Waals surface area (Å²) in [4.78, 5) is 1.88. The predicted octanol–water partition coefficient (Wildman–Crippen LogP) is 3.59. The van der Waals surface area contributed by atoms with Crippen LogP contribution in [0.5, 0.6) is 0 Å². The zero-order valence-corrected chi connectivity index (χ0v) is 9.71.